The first kappa shape index (κ1) is 15.5. The highest BCUT2D eigenvalue weighted by molar-refractivity contribution is 7.99. The van der Waals surface area contributed by atoms with E-state index in [0.29, 0.717) is 11.1 Å². The molecule has 0 bridgehead atoms. The molecule has 6 nitrogen and oxygen atoms in total. The maximum atomic E-state index is 12.0. The van der Waals surface area contributed by atoms with Crippen LogP contribution in [-0.4, -0.2) is 39.3 Å². The first-order valence-electron chi connectivity index (χ1n) is 6.12. The van der Waals surface area contributed by atoms with Gasteiger partial charge in [0.1, 0.15) is 5.54 Å². The lowest BCUT2D eigenvalue weighted by Gasteiger charge is -2.28. The summed E-state index contributed by atoms with van der Waals surface area (Å²) in [5.41, 5.74) is -0.839. The number of thiophene rings is 1. The Labute approximate surface area is 130 Å². The van der Waals surface area contributed by atoms with Crippen molar-refractivity contribution in [3.05, 3.63) is 17.5 Å². The number of aromatic nitrogens is 2. The van der Waals surface area contributed by atoms with E-state index in [2.05, 4.69) is 16.3 Å². The third-order valence-corrected chi connectivity index (χ3v) is 4.60. The Balaban J connectivity index is 1.95. The molecule has 0 atom stereocenters. The maximum Gasteiger partial charge on any atom is 0.277 e. The molecule has 0 fully saturated rings. The number of carbonyl (C=O) groups excluding carboxylic acids is 1. The molecule has 21 heavy (non-hydrogen) atoms. The van der Waals surface area contributed by atoms with Crippen LogP contribution >= 0.6 is 23.1 Å². The van der Waals surface area contributed by atoms with Crippen LogP contribution in [-0.2, 0) is 4.79 Å². The molecule has 0 aliphatic rings. The van der Waals surface area contributed by atoms with E-state index in [0.717, 1.165) is 4.88 Å². The molecule has 110 valence electrons. The van der Waals surface area contributed by atoms with Gasteiger partial charge in [-0.05, 0) is 25.3 Å². The van der Waals surface area contributed by atoms with Gasteiger partial charge in [-0.2, -0.15) is 5.26 Å². The van der Waals surface area contributed by atoms with Gasteiger partial charge in [-0.25, -0.2) is 0 Å². The minimum absolute atomic E-state index is 0.147. The van der Waals surface area contributed by atoms with Gasteiger partial charge in [0.25, 0.3) is 11.1 Å². The van der Waals surface area contributed by atoms with Crippen LogP contribution in [0.1, 0.15) is 13.8 Å². The van der Waals surface area contributed by atoms with Gasteiger partial charge in [-0.3, -0.25) is 4.79 Å². The number of rotatable bonds is 5. The molecule has 0 saturated heterocycles. The Morgan fingerprint density at radius 3 is 2.95 bits per heavy atom. The zero-order chi connectivity index (χ0) is 15.5. The van der Waals surface area contributed by atoms with Crippen molar-refractivity contribution in [2.45, 2.75) is 24.6 Å². The van der Waals surface area contributed by atoms with Crippen LogP contribution in [0.25, 0.3) is 10.8 Å². The third-order valence-electron chi connectivity index (χ3n) is 2.94. The smallest absolute Gasteiger partial charge is 0.277 e. The van der Waals surface area contributed by atoms with Gasteiger partial charge in [-0.15, -0.1) is 21.5 Å². The molecular weight excluding hydrogens is 308 g/mol. The van der Waals surface area contributed by atoms with Gasteiger partial charge in [0.15, 0.2) is 0 Å². The maximum absolute atomic E-state index is 12.0. The van der Waals surface area contributed by atoms with Crippen molar-refractivity contribution in [3.63, 3.8) is 0 Å². The zero-order valence-electron chi connectivity index (χ0n) is 11.9. The van der Waals surface area contributed by atoms with Gasteiger partial charge in [0.05, 0.1) is 16.7 Å². The number of hydrogen-bond acceptors (Lipinski definition) is 7. The average Bonchev–Trinajstić information content (AvgIpc) is 3.14. The topological polar surface area (TPSA) is 83.0 Å². The van der Waals surface area contributed by atoms with Crippen molar-refractivity contribution in [2.24, 2.45) is 0 Å². The van der Waals surface area contributed by atoms with E-state index in [1.165, 1.54) is 28.0 Å². The normalized spacial score (nSPS) is 11.1. The molecule has 2 rings (SSSR count). The Morgan fingerprint density at radius 2 is 2.33 bits per heavy atom. The van der Waals surface area contributed by atoms with Gasteiger partial charge in [0.2, 0.25) is 5.91 Å². The predicted molar refractivity (Wildman–Crippen MR) is 80.8 cm³/mol. The lowest BCUT2D eigenvalue weighted by molar-refractivity contribution is -0.130. The van der Waals surface area contributed by atoms with Gasteiger partial charge in [0, 0.05) is 7.05 Å². The molecule has 2 aromatic heterocycles. The summed E-state index contributed by atoms with van der Waals surface area (Å²) in [6, 6.07) is 5.88. The standard InChI is InChI=1S/C13H14N4O2S2/c1-13(2,8-14)17(3)10(18)7-21-12-16-15-11(19-12)9-5-4-6-20-9/h4-6H,7H2,1-3H3. The fourth-order valence-electron chi connectivity index (χ4n) is 1.37. The highest BCUT2D eigenvalue weighted by atomic mass is 32.2. The van der Waals surface area contributed by atoms with Crippen molar-refractivity contribution in [2.75, 3.05) is 12.8 Å². The summed E-state index contributed by atoms with van der Waals surface area (Å²) in [5.74, 6) is 0.432. The molecule has 8 heteroatoms. The summed E-state index contributed by atoms with van der Waals surface area (Å²) in [7, 11) is 1.61. The van der Waals surface area contributed by atoms with E-state index in [9.17, 15) is 4.79 Å². The Bertz CT molecular complexity index is 658. The van der Waals surface area contributed by atoms with Crippen LogP contribution in [0.15, 0.2) is 27.2 Å². The van der Waals surface area contributed by atoms with E-state index < -0.39 is 5.54 Å². The molecule has 1 amide bonds. The van der Waals surface area contributed by atoms with Crippen LogP contribution in [0.5, 0.6) is 0 Å². The molecular formula is C13H14N4O2S2. The van der Waals surface area contributed by atoms with Crippen LogP contribution in [0.2, 0.25) is 0 Å². The van der Waals surface area contributed by atoms with Crippen molar-refractivity contribution < 1.29 is 9.21 Å². The fourth-order valence-corrected chi connectivity index (χ4v) is 2.70. The summed E-state index contributed by atoms with van der Waals surface area (Å²) in [6.07, 6.45) is 0. The van der Waals surface area contributed by atoms with Crippen LogP contribution in [0.3, 0.4) is 0 Å². The number of carbonyl (C=O) groups is 1. The lowest BCUT2D eigenvalue weighted by atomic mass is 10.1. The number of thioether (sulfide) groups is 1. The van der Waals surface area contributed by atoms with Crippen molar-refractivity contribution >= 4 is 29.0 Å². The summed E-state index contributed by atoms with van der Waals surface area (Å²) >= 11 is 2.67. The molecule has 0 aromatic carbocycles. The molecule has 2 aromatic rings. The monoisotopic (exact) mass is 322 g/mol. The fraction of sp³-hybridized carbons (Fsp3) is 0.385. The van der Waals surface area contributed by atoms with E-state index in [1.54, 1.807) is 20.9 Å². The Morgan fingerprint density at radius 1 is 1.57 bits per heavy atom. The van der Waals surface area contributed by atoms with Gasteiger partial charge < -0.3 is 9.32 Å². The van der Waals surface area contributed by atoms with E-state index in [4.69, 9.17) is 9.68 Å². The van der Waals surface area contributed by atoms with Crippen LogP contribution in [0, 0.1) is 11.3 Å². The second-order valence-corrected chi connectivity index (χ2v) is 6.64. The SMILES string of the molecule is CN(C(=O)CSc1nnc(-c2cccs2)o1)C(C)(C)C#N. The molecule has 2 heterocycles. The lowest BCUT2D eigenvalue weighted by Crippen LogP contribution is -2.44. The average molecular weight is 322 g/mol. The zero-order valence-corrected chi connectivity index (χ0v) is 13.5. The molecule has 0 unspecified atom stereocenters. The summed E-state index contributed by atoms with van der Waals surface area (Å²) in [6.45, 7) is 3.38. The summed E-state index contributed by atoms with van der Waals surface area (Å²) in [4.78, 5) is 14.3. The highest BCUT2D eigenvalue weighted by Crippen LogP contribution is 2.26. The van der Waals surface area contributed by atoms with Crippen LogP contribution < -0.4 is 0 Å². The van der Waals surface area contributed by atoms with Gasteiger partial charge >= 0.3 is 0 Å². The van der Waals surface area contributed by atoms with Crippen molar-refractivity contribution in [3.8, 4) is 16.8 Å². The largest absolute Gasteiger partial charge is 0.410 e. The number of hydrogen-bond donors (Lipinski definition) is 0. The number of nitrogens with zero attached hydrogens (tertiary/aromatic N) is 4. The number of amides is 1. The minimum atomic E-state index is -0.839. The van der Waals surface area contributed by atoms with Crippen molar-refractivity contribution in [1.82, 2.24) is 15.1 Å². The van der Waals surface area contributed by atoms with Crippen LogP contribution in [0.4, 0.5) is 0 Å². The molecule has 0 N–H and O–H groups in total. The second kappa shape index (κ2) is 6.28. The Hall–Kier alpha value is -1.85. The van der Waals surface area contributed by atoms with Crippen molar-refractivity contribution in [1.29, 1.82) is 5.26 Å². The summed E-state index contributed by atoms with van der Waals surface area (Å²) in [5, 5.41) is 19.1. The number of nitriles is 1. The quantitative estimate of drug-likeness (QED) is 0.787. The third kappa shape index (κ3) is 3.62. The minimum Gasteiger partial charge on any atom is -0.410 e. The van der Waals surface area contributed by atoms with E-state index in [1.807, 2.05) is 17.5 Å². The first-order chi connectivity index (χ1) is 9.94. The molecule has 0 saturated carbocycles. The van der Waals surface area contributed by atoms with E-state index in [-0.39, 0.29) is 11.7 Å². The highest BCUT2D eigenvalue weighted by Gasteiger charge is 2.27. The van der Waals surface area contributed by atoms with E-state index >= 15 is 0 Å². The van der Waals surface area contributed by atoms with Gasteiger partial charge in [-0.1, -0.05) is 17.8 Å². The molecule has 0 spiro atoms. The molecule has 0 aliphatic heterocycles. The molecule has 0 aliphatic carbocycles. The second-order valence-electron chi connectivity index (χ2n) is 4.76. The summed E-state index contributed by atoms with van der Waals surface area (Å²) < 4.78 is 5.49. The molecule has 0 radical (unpaired) electrons. The Kier molecular flexibility index (Phi) is 4.65. The predicted octanol–water partition coefficient (Wildman–Crippen LogP) is 2.65. The first-order valence-corrected chi connectivity index (χ1v) is 7.98.